The van der Waals surface area contributed by atoms with Crippen LogP contribution in [0.2, 0.25) is 0 Å². The van der Waals surface area contributed by atoms with Gasteiger partial charge in [-0.25, -0.2) is 4.99 Å². The maximum Gasteiger partial charge on any atom is 0.243 e. The van der Waals surface area contributed by atoms with Crippen LogP contribution in [0.3, 0.4) is 0 Å². The second kappa shape index (κ2) is 8.70. The van der Waals surface area contributed by atoms with Crippen LogP contribution in [0.4, 0.5) is 0 Å². The van der Waals surface area contributed by atoms with Crippen molar-refractivity contribution in [2.45, 2.75) is 64.6 Å². The van der Waals surface area contributed by atoms with Crippen LogP contribution in [0.1, 0.15) is 46.5 Å². The lowest BCUT2D eigenvalue weighted by atomic mass is 10.1. The van der Waals surface area contributed by atoms with Crippen LogP contribution in [0.5, 0.6) is 0 Å². The molecule has 2 unspecified atom stereocenters. The number of carbonyl (C=O) groups excluding carboxylic acids is 1. The molecule has 2 N–H and O–H groups in total. The number of nitrogens with one attached hydrogen (secondary N) is 2. The van der Waals surface area contributed by atoms with Gasteiger partial charge >= 0.3 is 0 Å². The predicted molar refractivity (Wildman–Crippen MR) is 99.2 cm³/mol. The minimum Gasteiger partial charge on any atom is -0.354 e. The Labute approximate surface area is 147 Å². The summed E-state index contributed by atoms with van der Waals surface area (Å²) >= 11 is 0. The highest BCUT2D eigenvalue weighted by Crippen LogP contribution is 2.20. The number of hydrogen-bond acceptors (Lipinski definition) is 3. The third-order valence-electron chi connectivity index (χ3n) is 5.26. The molecule has 1 aliphatic heterocycles. The molecule has 2 aliphatic rings. The van der Waals surface area contributed by atoms with Crippen molar-refractivity contribution in [3.8, 4) is 0 Å². The number of rotatable bonds is 5. The van der Waals surface area contributed by atoms with Gasteiger partial charge in [0.15, 0.2) is 5.96 Å². The Morgan fingerprint density at radius 3 is 2.42 bits per heavy atom. The Bertz CT molecular complexity index is 443. The number of likely N-dealkylation sites (tertiary alicyclic amines) is 1. The quantitative estimate of drug-likeness (QED) is 0.586. The highest BCUT2D eigenvalue weighted by atomic mass is 16.2. The standard InChI is InChI=1S/C18H35N5O/c1-13(2)23-11-14(3)16(12-23)21-18(19-10-17(24)22(4)5)20-15-8-6-7-9-15/h13-16H,6-12H2,1-5H3,(H2,19,20,21). The molecule has 1 saturated carbocycles. The number of carbonyl (C=O) groups is 1. The van der Waals surface area contributed by atoms with Crippen molar-refractivity contribution in [1.29, 1.82) is 0 Å². The van der Waals surface area contributed by atoms with Crippen molar-refractivity contribution in [1.82, 2.24) is 20.4 Å². The minimum atomic E-state index is 0.0331. The average Bonchev–Trinajstić information content (AvgIpc) is 3.14. The first-order chi connectivity index (χ1) is 11.4. The van der Waals surface area contributed by atoms with E-state index in [0.29, 0.717) is 24.0 Å². The first kappa shape index (κ1) is 19.0. The molecule has 1 aliphatic carbocycles. The number of hydrogen-bond donors (Lipinski definition) is 2. The molecule has 6 nitrogen and oxygen atoms in total. The molecule has 1 saturated heterocycles. The lowest BCUT2D eigenvalue weighted by Crippen LogP contribution is -2.49. The van der Waals surface area contributed by atoms with Crippen LogP contribution in [-0.4, -0.2) is 73.5 Å². The van der Waals surface area contributed by atoms with Gasteiger partial charge in [-0.05, 0) is 32.6 Å². The average molecular weight is 338 g/mol. The summed E-state index contributed by atoms with van der Waals surface area (Å²) in [6.45, 7) is 9.13. The molecule has 2 rings (SSSR count). The molecule has 2 atom stereocenters. The molecule has 0 spiro atoms. The molecule has 0 bridgehead atoms. The molecular weight excluding hydrogens is 302 g/mol. The van der Waals surface area contributed by atoms with Gasteiger partial charge in [0.05, 0.1) is 0 Å². The normalized spacial score (nSPS) is 26.2. The topological polar surface area (TPSA) is 60.0 Å². The molecule has 0 aromatic heterocycles. The molecule has 1 amide bonds. The summed E-state index contributed by atoms with van der Waals surface area (Å²) in [5.41, 5.74) is 0. The summed E-state index contributed by atoms with van der Waals surface area (Å²) in [7, 11) is 3.55. The zero-order valence-corrected chi connectivity index (χ0v) is 16.0. The monoisotopic (exact) mass is 337 g/mol. The van der Waals surface area contributed by atoms with Crippen LogP contribution in [0.25, 0.3) is 0 Å². The maximum atomic E-state index is 11.9. The predicted octanol–water partition coefficient (Wildman–Crippen LogP) is 1.28. The molecule has 0 aromatic carbocycles. The second-order valence-corrected chi connectivity index (χ2v) is 7.85. The summed E-state index contributed by atoms with van der Waals surface area (Å²) < 4.78 is 0. The molecule has 6 heteroatoms. The van der Waals surface area contributed by atoms with Gasteiger partial charge in [0.1, 0.15) is 6.54 Å². The Kier molecular flexibility index (Phi) is 6.90. The number of likely N-dealkylation sites (N-methyl/N-ethyl adjacent to an activating group) is 1. The van der Waals surface area contributed by atoms with Gasteiger partial charge < -0.3 is 15.5 Å². The summed E-state index contributed by atoms with van der Waals surface area (Å²) in [5, 5.41) is 7.15. The first-order valence-corrected chi connectivity index (χ1v) is 9.38. The van der Waals surface area contributed by atoms with Gasteiger partial charge in [-0.2, -0.15) is 0 Å². The number of amides is 1. The van der Waals surface area contributed by atoms with E-state index >= 15 is 0 Å². The molecule has 1 heterocycles. The van der Waals surface area contributed by atoms with E-state index in [0.717, 1.165) is 19.0 Å². The second-order valence-electron chi connectivity index (χ2n) is 7.85. The number of guanidine groups is 1. The minimum absolute atomic E-state index is 0.0331. The van der Waals surface area contributed by atoms with E-state index in [1.165, 1.54) is 25.7 Å². The van der Waals surface area contributed by atoms with E-state index in [1.807, 2.05) is 0 Å². The van der Waals surface area contributed by atoms with Crippen LogP contribution in [0, 0.1) is 5.92 Å². The van der Waals surface area contributed by atoms with E-state index < -0.39 is 0 Å². The fourth-order valence-corrected chi connectivity index (χ4v) is 3.47. The molecule has 0 radical (unpaired) electrons. The Morgan fingerprint density at radius 2 is 1.88 bits per heavy atom. The molecule has 138 valence electrons. The van der Waals surface area contributed by atoms with Crippen molar-refractivity contribution < 1.29 is 4.79 Å². The smallest absolute Gasteiger partial charge is 0.243 e. The lowest BCUT2D eigenvalue weighted by Gasteiger charge is -2.24. The van der Waals surface area contributed by atoms with E-state index in [-0.39, 0.29) is 12.5 Å². The Balaban J connectivity index is 1.99. The summed E-state index contributed by atoms with van der Waals surface area (Å²) in [4.78, 5) is 20.5. The first-order valence-electron chi connectivity index (χ1n) is 9.38. The van der Waals surface area contributed by atoms with Gasteiger partial charge in [-0.15, -0.1) is 0 Å². The zero-order chi connectivity index (χ0) is 17.7. The van der Waals surface area contributed by atoms with Gasteiger partial charge in [0, 0.05) is 45.3 Å². The van der Waals surface area contributed by atoms with Crippen molar-refractivity contribution in [2.24, 2.45) is 10.9 Å². The number of aliphatic imine (C=N–C) groups is 1. The fourth-order valence-electron chi connectivity index (χ4n) is 3.47. The molecule has 2 fully saturated rings. The van der Waals surface area contributed by atoms with Crippen LogP contribution in [-0.2, 0) is 4.79 Å². The Hall–Kier alpha value is -1.30. The SMILES string of the molecule is CC1CN(C(C)C)CC1NC(=NCC(=O)N(C)C)NC1CCCC1. The van der Waals surface area contributed by atoms with Crippen molar-refractivity contribution >= 4 is 11.9 Å². The van der Waals surface area contributed by atoms with Crippen molar-refractivity contribution in [3.05, 3.63) is 0 Å². The summed E-state index contributed by atoms with van der Waals surface area (Å²) in [5.74, 6) is 1.41. The van der Waals surface area contributed by atoms with E-state index in [9.17, 15) is 4.79 Å². The van der Waals surface area contributed by atoms with Crippen LogP contribution < -0.4 is 10.6 Å². The molecule has 0 aromatic rings. The maximum absolute atomic E-state index is 11.9. The van der Waals surface area contributed by atoms with Crippen LogP contribution in [0.15, 0.2) is 4.99 Å². The van der Waals surface area contributed by atoms with E-state index in [4.69, 9.17) is 0 Å². The molecule has 24 heavy (non-hydrogen) atoms. The van der Waals surface area contributed by atoms with Gasteiger partial charge in [-0.3, -0.25) is 9.69 Å². The zero-order valence-electron chi connectivity index (χ0n) is 16.0. The van der Waals surface area contributed by atoms with E-state index in [1.54, 1.807) is 19.0 Å². The van der Waals surface area contributed by atoms with Crippen LogP contribution >= 0.6 is 0 Å². The van der Waals surface area contributed by atoms with E-state index in [2.05, 4.69) is 41.3 Å². The largest absolute Gasteiger partial charge is 0.354 e. The third kappa shape index (κ3) is 5.36. The van der Waals surface area contributed by atoms with Crippen molar-refractivity contribution in [3.63, 3.8) is 0 Å². The highest BCUT2D eigenvalue weighted by molar-refractivity contribution is 5.85. The third-order valence-corrected chi connectivity index (χ3v) is 5.26. The highest BCUT2D eigenvalue weighted by Gasteiger charge is 2.31. The number of nitrogens with zero attached hydrogens (tertiary/aromatic N) is 3. The lowest BCUT2D eigenvalue weighted by molar-refractivity contribution is -0.127. The summed E-state index contributed by atoms with van der Waals surface area (Å²) in [6.07, 6.45) is 4.95. The van der Waals surface area contributed by atoms with Gasteiger partial charge in [0.25, 0.3) is 0 Å². The van der Waals surface area contributed by atoms with Gasteiger partial charge in [0.2, 0.25) is 5.91 Å². The molecular formula is C18H35N5O. The summed E-state index contributed by atoms with van der Waals surface area (Å²) in [6, 6.07) is 1.44. The van der Waals surface area contributed by atoms with Crippen molar-refractivity contribution in [2.75, 3.05) is 33.7 Å². The fraction of sp³-hybridized carbons (Fsp3) is 0.889. The Morgan fingerprint density at radius 1 is 1.21 bits per heavy atom. The van der Waals surface area contributed by atoms with Gasteiger partial charge in [-0.1, -0.05) is 19.8 Å².